The van der Waals surface area contributed by atoms with Crippen molar-refractivity contribution in [1.29, 1.82) is 0 Å². The van der Waals surface area contributed by atoms with Crippen molar-refractivity contribution in [2.75, 3.05) is 18.4 Å². The van der Waals surface area contributed by atoms with Crippen molar-refractivity contribution in [2.45, 2.75) is 40.0 Å². The summed E-state index contributed by atoms with van der Waals surface area (Å²) in [6.07, 6.45) is 2.75. The maximum Gasteiger partial charge on any atom is 0.222 e. The number of carbonyl (C=O) groups is 1. The zero-order valence-corrected chi connectivity index (χ0v) is 11.1. The lowest BCUT2D eigenvalue weighted by molar-refractivity contribution is -0.131. The molecule has 0 radical (unpaired) electrons. The predicted octanol–water partition coefficient (Wildman–Crippen LogP) is 3.06. The minimum Gasteiger partial charge on any atom is -0.343 e. The fourth-order valence-electron chi connectivity index (χ4n) is 1.28. The Morgan fingerprint density at radius 1 is 1.43 bits per heavy atom. The molecule has 2 nitrogen and oxygen atoms in total. The lowest BCUT2D eigenvalue weighted by atomic mass is 10.1. The molecule has 0 rings (SSSR count). The van der Waals surface area contributed by atoms with Crippen molar-refractivity contribution in [3.8, 4) is 0 Å². The number of rotatable bonds is 7. The van der Waals surface area contributed by atoms with Crippen LogP contribution in [0.2, 0.25) is 0 Å². The number of amides is 1. The first-order valence-corrected chi connectivity index (χ1v) is 6.57. The zero-order valence-electron chi connectivity index (χ0n) is 9.55. The van der Waals surface area contributed by atoms with Crippen molar-refractivity contribution in [3.63, 3.8) is 0 Å². The highest BCUT2D eigenvalue weighted by molar-refractivity contribution is 9.09. The lowest BCUT2D eigenvalue weighted by Crippen LogP contribution is -2.31. The second-order valence-corrected chi connectivity index (χ2v) is 4.74. The van der Waals surface area contributed by atoms with Gasteiger partial charge in [0.1, 0.15) is 0 Å². The first-order chi connectivity index (χ1) is 6.61. The standard InChI is InChI=1S/C11H22BrNO/c1-4-13(9-5-8-12)11(14)7-6-10(2)3/h10H,4-9H2,1-3H3. The molecular weight excluding hydrogens is 242 g/mol. The Morgan fingerprint density at radius 2 is 2.07 bits per heavy atom. The van der Waals surface area contributed by atoms with Crippen LogP contribution in [0.25, 0.3) is 0 Å². The van der Waals surface area contributed by atoms with E-state index in [1.807, 2.05) is 11.8 Å². The smallest absolute Gasteiger partial charge is 0.222 e. The molecule has 0 unspecified atom stereocenters. The highest BCUT2D eigenvalue weighted by atomic mass is 79.9. The number of carbonyl (C=O) groups excluding carboxylic acids is 1. The van der Waals surface area contributed by atoms with Gasteiger partial charge < -0.3 is 4.90 Å². The van der Waals surface area contributed by atoms with Gasteiger partial charge >= 0.3 is 0 Å². The molecule has 3 heteroatoms. The largest absolute Gasteiger partial charge is 0.343 e. The van der Waals surface area contributed by atoms with Crippen molar-refractivity contribution in [1.82, 2.24) is 4.90 Å². The van der Waals surface area contributed by atoms with Gasteiger partial charge in [0.15, 0.2) is 0 Å². The summed E-state index contributed by atoms with van der Waals surface area (Å²) < 4.78 is 0. The minimum absolute atomic E-state index is 0.308. The first-order valence-electron chi connectivity index (χ1n) is 5.45. The SMILES string of the molecule is CCN(CCCBr)C(=O)CCC(C)C. The zero-order chi connectivity index (χ0) is 11.0. The van der Waals surface area contributed by atoms with Gasteiger partial charge in [0.05, 0.1) is 0 Å². The monoisotopic (exact) mass is 263 g/mol. The Balaban J connectivity index is 3.79. The number of nitrogens with zero attached hydrogens (tertiary/aromatic N) is 1. The molecule has 0 heterocycles. The second kappa shape index (κ2) is 8.27. The molecular formula is C11H22BrNO. The summed E-state index contributed by atoms with van der Waals surface area (Å²) in [7, 11) is 0. The highest BCUT2D eigenvalue weighted by Gasteiger charge is 2.10. The quantitative estimate of drug-likeness (QED) is 0.647. The van der Waals surface area contributed by atoms with E-state index in [2.05, 4.69) is 29.8 Å². The Kier molecular flexibility index (Phi) is 8.24. The summed E-state index contributed by atoms with van der Waals surface area (Å²) in [5.41, 5.74) is 0. The Hall–Kier alpha value is -0.0500. The van der Waals surface area contributed by atoms with Crippen molar-refractivity contribution in [3.05, 3.63) is 0 Å². The van der Waals surface area contributed by atoms with Crippen LogP contribution in [-0.4, -0.2) is 29.2 Å². The van der Waals surface area contributed by atoms with Crippen LogP contribution < -0.4 is 0 Å². The molecule has 0 spiro atoms. The summed E-state index contributed by atoms with van der Waals surface area (Å²) in [6, 6.07) is 0. The summed E-state index contributed by atoms with van der Waals surface area (Å²) in [4.78, 5) is 13.6. The van der Waals surface area contributed by atoms with E-state index in [0.29, 0.717) is 18.2 Å². The average Bonchev–Trinajstić information content (AvgIpc) is 2.16. The van der Waals surface area contributed by atoms with Gasteiger partial charge in [-0.2, -0.15) is 0 Å². The fourth-order valence-corrected chi connectivity index (χ4v) is 1.53. The van der Waals surface area contributed by atoms with Gasteiger partial charge in [0.2, 0.25) is 5.91 Å². The lowest BCUT2D eigenvalue weighted by Gasteiger charge is -2.20. The maximum absolute atomic E-state index is 11.7. The molecule has 0 aromatic carbocycles. The third kappa shape index (κ3) is 6.41. The van der Waals surface area contributed by atoms with Crippen molar-refractivity contribution < 1.29 is 4.79 Å². The third-order valence-electron chi connectivity index (χ3n) is 2.23. The summed E-state index contributed by atoms with van der Waals surface area (Å²) in [5, 5.41) is 0.973. The van der Waals surface area contributed by atoms with Crippen LogP contribution in [-0.2, 0) is 4.79 Å². The summed E-state index contributed by atoms with van der Waals surface area (Å²) >= 11 is 3.38. The van der Waals surface area contributed by atoms with E-state index >= 15 is 0 Å². The van der Waals surface area contributed by atoms with E-state index in [1.165, 1.54) is 0 Å². The second-order valence-electron chi connectivity index (χ2n) is 3.95. The third-order valence-corrected chi connectivity index (χ3v) is 2.79. The number of hydrogen-bond donors (Lipinski definition) is 0. The molecule has 0 aliphatic rings. The van der Waals surface area contributed by atoms with Crippen molar-refractivity contribution in [2.24, 2.45) is 5.92 Å². The summed E-state index contributed by atoms with van der Waals surface area (Å²) in [5.74, 6) is 0.927. The van der Waals surface area contributed by atoms with E-state index < -0.39 is 0 Å². The molecule has 0 aliphatic heterocycles. The van der Waals surface area contributed by atoms with Crippen LogP contribution in [0.4, 0.5) is 0 Å². The molecule has 0 bridgehead atoms. The predicted molar refractivity (Wildman–Crippen MR) is 64.7 cm³/mol. The number of halogens is 1. The molecule has 0 N–H and O–H groups in total. The van der Waals surface area contributed by atoms with E-state index in [9.17, 15) is 4.79 Å². The van der Waals surface area contributed by atoms with Gasteiger partial charge in [0, 0.05) is 24.8 Å². The van der Waals surface area contributed by atoms with Crippen LogP contribution in [0, 0.1) is 5.92 Å². The van der Waals surface area contributed by atoms with Gasteiger partial charge in [-0.05, 0) is 25.7 Å². The van der Waals surface area contributed by atoms with Crippen LogP contribution >= 0.6 is 15.9 Å². The summed E-state index contributed by atoms with van der Waals surface area (Å²) in [6.45, 7) is 8.08. The maximum atomic E-state index is 11.7. The molecule has 0 saturated carbocycles. The van der Waals surface area contributed by atoms with Gasteiger partial charge in [-0.25, -0.2) is 0 Å². The number of alkyl halides is 1. The number of hydrogen-bond acceptors (Lipinski definition) is 1. The highest BCUT2D eigenvalue weighted by Crippen LogP contribution is 2.07. The van der Waals surface area contributed by atoms with E-state index in [4.69, 9.17) is 0 Å². The van der Waals surface area contributed by atoms with Gasteiger partial charge in [-0.15, -0.1) is 0 Å². The molecule has 0 aromatic heterocycles. The molecule has 1 amide bonds. The molecule has 0 saturated heterocycles. The van der Waals surface area contributed by atoms with Crippen LogP contribution in [0.3, 0.4) is 0 Å². The Bertz CT molecular complexity index is 159. The first kappa shape index (κ1) is 13.9. The van der Waals surface area contributed by atoms with Crippen LogP contribution in [0.15, 0.2) is 0 Å². The average molecular weight is 264 g/mol. The molecule has 0 atom stereocenters. The van der Waals surface area contributed by atoms with Crippen LogP contribution in [0.5, 0.6) is 0 Å². The van der Waals surface area contributed by atoms with E-state index in [1.54, 1.807) is 0 Å². The fraction of sp³-hybridized carbons (Fsp3) is 0.909. The molecule has 14 heavy (non-hydrogen) atoms. The Morgan fingerprint density at radius 3 is 2.50 bits per heavy atom. The molecule has 84 valence electrons. The molecule has 0 fully saturated rings. The molecule has 0 aromatic rings. The van der Waals surface area contributed by atoms with Gasteiger partial charge in [-0.1, -0.05) is 29.8 Å². The van der Waals surface area contributed by atoms with Crippen molar-refractivity contribution >= 4 is 21.8 Å². The van der Waals surface area contributed by atoms with E-state index in [0.717, 1.165) is 31.3 Å². The van der Waals surface area contributed by atoms with Gasteiger partial charge in [-0.3, -0.25) is 4.79 Å². The molecule has 0 aliphatic carbocycles. The van der Waals surface area contributed by atoms with Crippen LogP contribution in [0.1, 0.15) is 40.0 Å². The Labute approximate surface area is 96.2 Å². The minimum atomic E-state index is 0.308. The van der Waals surface area contributed by atoms with Gasteiger partial charge in [0.25, 0.3) is 0 Å². The topological polar surface area (TPSA) is 20.3 Å². The van der Waals surface area contributed by atoms with E-state index in [-0.39, 0.29) is 0 Å². The normalized spacial score (nSPS) is 10.6.